The van der Waals surface area contributed by atoms with Crippen LogP contribution in [0.2, 0.25) is 0 Å². The zero-order valence-electron chi connectivity index (χ0n) is 17.2. The van der Waals surface area contributed by atoms with E-state index in [0.717, 1.165) is 30.7 Å². The molecule has 0 atom stereocenters. The van der Waals surface area contributed by atoms with Crippen LogP contribution in [-0.2, 0) is 6.42 Å². The summed E-state index contributed by atoms with van der Waals surface area (Å²) in [5.41, 5.74) is 4.64. The Kier molecular flexibility index (Phi) is 7.48. The van der Waals surface area contributed by atoms with E-state index >= 15 is 0 Å². The molecule has 0 bridgehead atoms. The largest absolute Gasteiger partial charge is 0.508 e. The highest BCUT2D eigenvalue weighted by Gasteiger charge is 2.08. The molecule has 0 amide bonds. The van der Waals surface area contributed by atoms with Gasteiger partial charge in [-0.25, -0.2) is 0 Å². The molecule has 0 unspecified atom stereocenters. The van der Waals surface area contributed by atoms with E-state index in [1.807, 2.05) is 44.4 Å². The molecule has 0 radical (unpaired) electrons. The minimum Gasteiger partial charge on any atom is -0.508 e. The van der Waals surface area contributed by atoms with Gasteiger partial charge in [0.1, 0.15) is 18.1 Å². The van der Waals surface area contributed by atoms with Crippen LogP contribution in [-0.4, -0.2) is 37.3 Å². The summed E-state index contributed by atoms with van der Waals surface area (Å²) in [7, 11) is 4.10. The molecule has 0 fully saturated rings. The smallest absolute Gasteiger partial charge is 0.122 e. The van der Waals surface area contributed by atoms with Gasteiger partial charge in [0, 0.05) is 6.54 Å². The topological polar surface area (TPSA) is 32.7 Å². The zero-order chi connectivity index (χ0) is 20.5. The molecule has 29 heavy (non-hydrogen) atoms. The highest BCUT2D eigenvalue weighted by Crippen LogP contribution is 2.27. The molecule has 3 nitrogen and oxygen atoms in total. The number of ether oxygens (including phenoxy) is 1. The third kappa shape index (κ3) is 6.51. The van der Waals surface area contributed by atoms with Crippen molar-refractivity contribution in [2.24, 2.45) is 0 Å². The summed E-state index contributed by atoms with van der Waals surface area (Å²) in [4.78, 5) is 2.12. The predicted molar refractivity (Wildman–Crippen MR) is 121 cm³/mol. The number of benzene rings is 3. The highest BCUT2D eigenvalue weighted by atomic mass is 16.5. The van der Waals surface area contributed by atoms with E-state index < -0.39 is 0 Å². The van der Waals surface area contributed by atoms with Gasteiger partial charge in [-0.15, -0.1) is 0 Å². The minimum atomic E-state index is 0.283. The first-order chi connectivity index (χ1) is 14.1. The van der Waals surface area contributed by atoms with E-state index in [0.29, 0.717) is 6.61 Å². The lowest BCUT2D eigenvalue weighted by Crippen LogP contribution is -2.19. The van der Waals surface area contributed by atoms with Gasteiger partial charge in [0.05, 0.1) is 0 Å². The fraction of sp³-hybridized carbons (Fsp3) is 0.231. The molecular weight excluding hydrogens is 358 g/mol. The van der Waals surface area contributed by atoms with Crippen LogP contribution in [0.15, 0.2) is 78.9 Å². The molecule has 0 heterocycles. The first-order valence-electron chi connectivity index (χ1n) is 10.0. The molecule has 3 aromatic rings. The third-order valence-electron chi connectivity index (χ3n) is 4.79. The van der Waals surface area contributed by atoms with Gasteiger partial charge in [-0.2, -0.15) is 0 Å². The van der Waals surface area contributed by atoms with E-state index in [1.165, 1.54) is 16.7 Å². The first kappa shape index (κ1) is 20.7. The minimum absolute atomic E-state index is 0.283. The first-order valence-corrected chi connectivity index (χ1v) is 10.0. The van der Waals surface area contributed by atoms with Crippen LogP contribution in [0.5, 0.6) is 11.5 Å². The maximum atomic E-state index is 9.81. The van der Waals surface area contributed by atoms with Crippen LogP contribution in [0.1, 0.15) is 23.1 Å². The van der Waals surface area contributed by atoms with Crippen molar-refractivity contribution in [3.05, 3.63) is 95.6 Å². The van der Waals surface area contributed by atoms with Crippen molar-refractivity contribution < 1.29 is 9.84 Å². The number of allylic oxidation sites excluding steroid dienone is 1. The SMILES string of the molecule is CN(C)CCOc1ccccc1CC/C(=C/c1cccc(O)c1)c1ccccc1. The average Bonchev–Trinajstić information content (AvgIpc) is 2.72. The van der Waals surface area contributed by atoms with Crippen molar-refractivity contribution in [1.82, 2.24) is 4.90 Å². The van der Waals surface area contributed by atoms with Gasteiger partial charge >= 0.3 is 0 Å². The fourth-order valence-electron chi connectivity index (χ4n) is 3.23. The number of rotatable bonds is 9. The second-order valence-corrected chi connectivity index (χ2v) is 7.39. The fourth-order valence-corrected chi connectivity index (χ4v) is 3.23. The Hall–Kier alpha value is -3.04. The molecule has 150 valence electrons. The lowest BCUT2D eigenvalue weighted by atomic mass is 9.96. The van der Waals surface area contributed by atoms with Crippen molar-refractivity contribution in [2.75, 3.05) is 27.2 Å². The molecule has 0 spiro atoms. The third-order valence-corrected chi connectivity index (χ3v) is 4.79. The Morgan fingerprint density at radius 3 is 2.45 bits per heavy atom. The van der Waals surface area contributed by atoms with Crippen LogP contribution in [0.25, 0.3) is 11.6 Å². The van der Waals surface area contributed by atoms with E-state index in [9.17, 15) is 5.11 Å². The van der Waals surface area contributed by atoms with Gasteiger partial charge in [0.25, 0.3) is 0 Å². The number of aryl methyl sites for hydroxylation is 1. The Morgan fingerprint density at radius 1 is 0.931 bits per heavy atom. The second kappa shape index (κ2) is 10.5. The lowest BCUT2D eigenvalue weighted by Gasteiger charge is -2.15. The van der Waals surface area contributed by atoms with Gasteiger partial charge in [-0.05, 0) is 67.4 Å². The summed E-state index contributed by atoms with van der Waals surface area (Å²) < 4.78 is 6.03. The molecular formula is C26H29NO2. The number of phenols is 1. The summed E-state index contributed by atoms with van der Waals surface area (Å²) in [5.74, 6) is 1.24. The van der Waals surface area contributed by atoms with Crippen LogP contribution >= 0.6 is 0 Å². The van der Waals surface area contributed by atoms with Gasteiger partial charge < -0.3 is 14.7 Å². The standard InChI is InChI=1S/C26H29NO2/c1-27(2)17-18-29-26-14-7-6-12-23(26)15-16-24(22-10-4-3-5-11-22)19-21-9-8-13-25(28)20-21/h3-14,19-20,28H,15-18H2,1-2H3/b24-19-. The maximum Gasteiger partial charge on any atom is 0.122 e. The van der Waals surface area contributed by atoms with Crippen molar-refractivity contribution in [3.63, 3.8) is 0 Å². The number of hydrogen-bond acceptors (Lipinski definition) is 3. The van der Waals surface area contributed by atoms with Crippen molar-refractivity contribution in [2.45, 2.75) is 12.8 Å². The zero-order valence-corrected chi connectivity index (χ0v) is 17.2. The summed E-state index contributed by atoms with van der Waals surface area (Å²) in [6.45, 7) is 1.57. The molecule has 3 rings (SSSR count). The number of hydrogen-bond donors (Lipinski definition) is 1. The van der Waals surface area contributed by atoms with E-state index in [-0.39, 0.29) is 5.75 Å². The Labute approximate surface area is 173 Å². The molecule has 0 aliphatic carbocycles. The summed E-state index contributed by atoms with van der Waals surface area (Å²) >= 11 is 0. The average molecular weight is 388 g/mol. The maximum absolute atomic E-state index is 9.81. The molecule has 0 saturated carbocycles. The molecule has 0 aliphatic rings. The molecule has 3 heteroatoms. The quantitative estimate of drug-likeness (QED) is 0.492. The molecule has 1 N–H and O–H groups in total. The highest BCUT2D eigenvalue weighted by molar-refractivity contribution is 5.81. The monoisotopic (exact) mass is 387 g/mol. The molecule has 0 aromatic heterocycles. The van der Waals surface area contributed by atoms with Crippen LogP contribution in [0.3, 0.4) is 0 Å². The van der Waals surface area contributed by atoms with Crippen molar-refractivity contribution in [1.29, 1.82) is 0 Å². The summed E-state index contributed by atoms with van der Waals surface area (Å²) in [6.07, 6.45) is 3.93. The summed E-state index contributed by atoms with van der Waals surface area (Å²) in [6, 6.07) is 26.1. The van der Waals surface area contributed by atoms with Gasteiger partial charge in [0.15, 0.2) is 0 Å². The van der Waals surface area contributed by atoms with Gasteiger partial charge in [-0.3, -0.25) is 0 Å². The van der Waals surface area contributed by atoms with Gasteiger partial charge in [0.2, 0.25) is 0 Å². The van der Waals surface area contributed by atoms with Crippen molar-refractivity contribution in [3.8, 4) is 11.5 Å². The Bertz CT molecular complexity index is 932. The van der Waals surface area contributed by atoms with Crippen molar-refractivity contribution >= 4 is 11.6 Å². The number of likely N-dealkylation sites (N-methyl/N-ethyl adjacent to an activating group) is 1. The van der Waals surface area contributed by atoms with E-state index in [2.05, 4.69) is 47.4 Å². The summed E-state index contributed by atoms with van der Waals surface area (Å²) in [5, 5.41) is 9.81. The normalized spacial score (nSPS) is 11.6. The van der Waals surface area contributed by atoms with Crippen LogP contribution in [0, 0.1) is 0 Å². The number of aromatic hydroxyl groups is 1. The van der Waals surface area contributed by atoms with Crippen LogP contribution in [0.4, 0.5) is 0 Å². The van der Waals surface area contributed by atoms with E-state index in [4.69, 9.17) is 4.74 Å². The number of para-hydroxylation sites is 1. The predicted octanol–water partition coefficient (Wildman–Crippen LogP) is 5.51. The molecule has 3 aromatic carbocycles. The van der Waals surface area contributed by atoms with Crippen LogP contribution < -0.4 is 4.74 Å². The Morgan fingerprint density at radius 2 is 1.69 bits per heavy atom. The number of nitrogens with zero attached hydrogens (tertiary/aromatic N) is 1. The lowest BCUT2D eigenvalue weighted by molar-refractivity contribution is 0.259. The molecule has 0 aliphatic heterocycles. The molecule has 0 saturated heterocycles. The van der Waals surface area contributed by atoms with E-state index in [1.54, 1.807) is 12.1 Å². The van der Waals surface area contributed by atoms with Gasteiger partial charge in [-0.1, -0.05) is 66.7 Å². The Balaban J connectivity index is 1.79. The number of phenolic OH excluding ortho intramolecular Hbond substituents is 1. The second-order valence-electron chi connectivity index (χ2n) is 7.39.